The summed E-state index contributed by atoms with van der Waals surface area (Å²) in [5, 5.41) is 11.5. The molecule has 0 saturated heterocycles. The van der Waals surface area contributed by atoms with Gasteiger partial charge in [-0.15, -0.1) is 0 Å². The lowest BCUT2D eigenvalue weighted by molar-refractivity contribution is 0.505. The number of nitriles is 1. The van der Waals surface area contributed by atoms with Crippen molar-refractivity contribution in [3.8, 4) is 6.07 Å². The normalized spacial score (nSPS) is 10.5. The molecule has 1 heterocycles. The molecule has 0 amide bonds. The second-order valence-corrected chi connectivity index (χ2v) is 3.96. The Kier molecular flexibility index (Phi) is 3.56. The van der Waals surface area contributed by atoms with Crippen molar-refractivity contribution in [1.82, 2.24) is 4.98 Å². The number of pyridine rings is 1. The zero-order chi connectivity index (χ0) is 14.0. The van der Waals surface area contributed by atoms with E-state index < -0.39 is 17.5 Å². The van der Waals surface area contributed by atoms with Crippen LogP contribution in [0.15, 0.2) is 12.3 Å². The molecule has 0 bridgehead atoms. The van der Waals surface area contributed by atoms with Gasteiger partial charge in [0, 0.05) is 18.8 Å². The van der Waals surface area contributed by atoms with E-state index in [9.17, 15) is 13.2 Å². The van der Waals surface area contributed by atoms with Crippen LogP contribution in [-0.4, -0.2) is 11.5 Å². The minimum atomic E-state index is -1.30. The van der Waals surface area contributed by atoms with E-state index in [2.05, 4.69) is 10.3 Å². The Hall–Kier alpha value is -2.29. The largest absolute Gasteiger partial charge is 0.383 e. The fourth-order valence-corrected chi connectivity index (χ4v) is 1.79. The third kappa shape index (κ3) is 2.19. The SMILES string of the molecule is CCCNc1c(C#N)cnc2c(F)cc(F)c(F)c12. The first kappa shape index (κ1) is 13.1. The number of aromatic nitrogens is 1. The summed E-state index contributed by atoms with van der Waals surface area (Å²) in [6.45, 7) is 2.32. The monoisotopic (exact) mass is 265 g/mol. The maximum atomic E-state index is 13.9. The number of nitrogens with zero attached hydrogens (tertiary/aromatic N) is 2. The zero-order valence-corrected chi connectivity index (χ0v) is 10.1. The van der Waals surface area contributed by atoms with E-state index in [1.54, 1.807) is 0 Å². The highest BCUT2D eigenvalue weighted by Gasteiger charge is 2.19. The van der Waals surface area contributed by atoms with Crippen LogP contribution in [0, 0.1) is 28.8 Å². The predicted octanol–water partition coefficient (Wildman–Crippen LogP) is 3.35. The molecule has 0 aliphatic rings. The summed E-state index contributed by atoms with van der Waals surface area (Å²) in [7, 11) is 0. The fraction of sp³-hybridized carbons (Fsp3) is 0.231. The fourth-order valence-electron chi connectivity index (χ4n) is 1.79. The van der Waals surface area contributed by atoms with Crippen molar-refractivity contribution in [2.45, 2.75) is 13.3 Å². The smallest absolute Gasteiger partial charge is 0.170 e. The molecule has 0 aliphatic carbocycles. The molecule has 0 spiro atoms. The minimum absolute atomic E-state index is 0.0462. The van der Waals surface area contributed by atoms with Crippen molar-refractivity contribution in [3.63, 3.8) is 0 Å². The lowest BCUT2D eigenvalue weighted by atomic mass is 10.1. The Morgan fingerprint density at radius 3 is 2.68 bits per heavy atom. The molecule has 0 fully saturated rings. The molecule has 2 aromatic rings. The van der Waals surface area contributed by atoms with Gasteiger partial charge in [0.25, 0.3) is 0 Å². The van der Waals surface area contributed by atoms with Gasteiger partial charge >= 0.3 is 0 Å². The van der Waals surface area contributed by atoms with Crippen LogP contribution >= 0.6 is 0 Å². The summed E-state index contributed by atoms with van der Waals surface area (Å²) < 4.78 is 40.7. The number of hydrogen-bond acceptors (Lipinski definition) is 3. The number of hydrogen-bond donors (Lipinski definition) is 1. The standard InChI is InChI=1S/C13H10F3N3/c1-2-3-18-12-7(5-17)6-19-13-9(15)4-8(14)11(16)10(12)13/h4,6H,2-3H2,1H3,(H,18,19). The summed E-state index contributed by atoms with van der Waals surface area (Å²) in [6.07, 6.45) is 1.86. The van der Waals surface area contributed by atoms with Crippen LogP contribution in [0.3, 0.4) is 0 Å². The lowest BCUT2D eigenvalue weighted by Gasteiger charge is -2.11. The minimum Gasteiger partial charge on any atom is -0.383 e. The number of rotatable bonds is 3. The Morgan fingerprint density at radius 1 is 1.32 bits per heavy atom. The average molecular weight is 265 g/mol. The molecular weight excluding hydrogens is 255 g/mol. The van der Waals surface area contributed by atoms with Gasteiger partial charge in [0.1, 0.15) is 11.6 Å². The number of nitrogens with one attached hydrogen (secondary N) is 1. The van der Waals surface area contributed by atoms with Crippen LogP contribution in [0.25, 0.3) is 10.9 Å². The van der Waals surface area contributed by atoms with Crippen molar-refractivity contribution in [3.05, 3.63) is 35.3 Å². The van der Waals surface area contributed by atoms with Crippen molar-refractivity contribution in [2.75, 3.05) is 11.9 Å². The van der Waals surface area contributed by atoms with Crippen LogP contribution < -0.4 is 5.32 Å². The van der Waals surface area contributed by atoms with E-state index in [0.29, 0.717) is 19.0 Å². The molecule has 98 valence electrons. The Bertz CT molecular complexity index is 677. The van der Waals surface area contributed by atoms with Crippen LogP contribution in [-0.2, 0) is 0 Å². The van der Waals surface area contributed by atoms with Crippen molar-refractivity contribution in [2.24, 2.45) is 0 Å². The van der Waals surface area contributed by atoms with Gasteiger partial charge in [0.05, 0.1) is 16.6 Å². The second kappa shape index (κ2) is 5.14. The van der Waals surface area contributed by atoms with Gasteiger partial charge in [0.2, 0.25) is 0 Å². The highest BCUT2D eigenvalue weighted by atomic mass is 19.2. The Balaban J connectivity index is 2.83. The molecule has 3 nitrogen and oxygen atoms in total. The van der Waals surface area contributed by atoms with E-state index in [0.717, 1.165) is 6.20 Å². The van der Waals surface area contributed by atoms with Gasteiger partial charge in [-0.1, -0.05) is 6.92 Å². The van der Waals surface area contributed by atoms with Gasteiger partial charge in [-0.2, -0.15) is 5.26 Å². The summed E-state index contributed by atoms with van der Waals surface area (Å²) in [6, 6.07) is 2.27. The summed E-state index contributed by atoms with van der Waals surface area (Å²) in [5.41, 5.74) is -0.174. The van der Waals surface area contributed by atoms with Crippen LogP contribution in [0.1, 0.15) is 18.9 Å². The first-order chi connectivity index (χ1) is 9.10. The molecule has 19 heavy (non-hydrogen) atoms. The van der Waals surface area contributed by atoms with Crippen LogP contribution in [0.5, 0.6) is 0 Å². The highest BCUT2D eigenvalue weighted by molar-refractivity contribution is 5.94. The summed E-state index contributed by atoms with van der Waals surface area (Å²) in [5.74, 6) is -3.47. The van der Waals surface area contributed by atoms with Gasteiger partial charge in [-0.3, -0.25) is 4.98 Å². The van der Waals surface area contributed by atoms with Crippen molar-refractivity contribution < 1.29 is 13.2 Å². The quantitative estimate of drug-likeness (QED) is 0.866. The first-order valence-corrected chi connectivity index (χ1v) is 5.70. The van der Waals surface area contributed by atoms with E-state index in [1.807, 2.05) is 13.0 Å². The maximum absolute atomic E-state index is 13.9. The zero-order valence-electron chi connectivity index (χ0n) is 10.1. The van der Waals surface area contributed by atoms with Crippen molar-refractivity contribution >= 4 is 16.6 Å². The topological polar surface area (TPSA) is 48.7 Å². The third-order valence-electron chi connectivity index (χ3n) is 2.66. The van der Waals surface area contributed by atoms with E-state index in [-0.39, 0.29) is 22.2 Å². The molecule has 6 heteroatoms. The maximum Gasteiger partial charge on any atom is 0.170 e. The lowest BCUT2D eigenvalue weighted by Crippen LogP contribution is -2.06. The molecule has 0 saturated carbocycles. The van der Waals surface area contributed by atoms with E-state index in [1.165, 1.54) is 0 Å². The number of anilines is 1. The average Bonchev–Trinajstić information content (AvgIpc) is 2.41. The first-order valence-electron chi connectivity index (χ1n) is 5.70. The summed E-state index contributed by atoms with van der Waals surface area (Å²) >= 11 is 0. The van der Waals surface area contributed by atoms with Gasteiger partial charge in [0.15, 0.2) is 17.5 Å². The molecule has 1 N–H and O–H groups in total. The van der Waals surface area contributed by atoms with Gasteiger partial charge < -0.3 is 5.32 Å². The van der Waals surface area contributed by atoms with Crippen molar-refractivity contribution in [1.29, 1.82) is 5.26 Å². The Morgan fingerprint density at radius 2 is 2.05 bits per heavy atom. The molecule has 1 aromatic heterocycles. The molecular formula is C13H10F3N3. The molecule has 0 radical (unpaired) electrons. The number of benzene rings is 1. The molecule has 1 aromatic carbocycles. The van der Waals surface area contributed by atoms with Gasteiger partial charge in [-0.05, 0) is 6.42 Å². The molecule has 0 atom stereocenters. The number of fused-ring (bicyclic) bond motifs is 1. The van der Waals surface area contributed by atoms with Crippen LogP contribution in [0.4, 0.5) is 18.9 Å². The molecule has 0 unspecified atom stereocenters. The van der Waals surface area contributed by atoms with E-state index in [4.69, 9.17) is 5.26 Å². The number of halogens is 3. The Labute approximate surface area is 107 Å². The van der Waals surface area contributed by atoms with Gasteiger partial charge in [-0.25, -0.2) is 13.2 Å². The van der Waals surface area contributed by atoms with E-state index >= 15 is 0 Å². The second-order valence-electron chi connectivity index (χ2n) is 3.96. The predicted molar refractivity (Wildman–Crippen MR) is 65.1 cm³/mol. The molecule has 0 aliphatic heterocycles. The van der Waals surface area contributed by atoms with Crippen LogP contribution in [0.2, 0.25) is 0 Å². The molecule has 2 rings (SSSR count). The highest BCUT2D eigenvalue weighted by Crippen LogP contribution is 2.31. The third-order valence-corrected chi connectivity index (χ3v) is 2.66. The summed E-state index contributed by atoms with van der Waals surface area (Å²) in [4.78, 5) is 3.68.